The molecule has 1 aliphatic heterocycles. The molecule has 1 saturated heterocycles. The van der Waals surface area contributed by atoms with Crippen LogP contribution in [0, 0.1) is 13.8 Å². The monoisotopic (exact) mass is 482 g/mol. The first-order chi connectivity index (χ1) is 16.9. The molecule has 1 aliphatic rings. The lowest BCUT2D eigenvalue weighted by molar-refractivity contribution is -0.126. The van der Waals surface area contributed by atoms with Crippen molar-refractivity contribution in [3.8, 4) is 11.5 Å². The van der Waals surface area contributed by atoms with Crippen molar-refractivity contribution in [2.75, 3.05) is 59.0 Å². The molecular weight excluding hydrogens is 444 g/mol. The van der Waals surface area contributed by atoms with Crippen LogP contribution in [0.2, 0.25) is 0 Å². The highest BCUT2D eigenvalue weighted by molar-refractivity contribution is 5.78. The van der Waals surface area contributed by atoms with E-state index in [0.29, 0.717) is 39.4 Å². The van der Waals surface area contributed by atoms with E-state index in [4.69, 9.17) is 9.47 Å². The zero-order chi connectivity index (χ0) is 25.0. The Hall–Kier alpha value is -3.10. The molecule has 1 heterocycles. The van der Waals surface area contributed by atoms with Crippen LogP contribution < -0.4 is 20.1 Å². The lowest BCUT2D eigenvalue weighted by Crippen LogP contribution is -2.56. The molecule has 1 fully saturated rings. The van der Waals surface area contributed by atoms with Gasteiger partial charge in [-0.2, -0.15) is 0 Å². The van der Waals surface area contributed by atoms with Crippen molar-refractivity contribution in [3.05, 3.63) is 59.7 Å². The van der Waals surface area contributed by atoms with Crippen LogP contribution in [0.3, 0.4) is 0 Å². The van der Waals surface area contributed by atoms with Crippen LogP contribution in [0.4, 0.5) is 0 Å². The zero-order valence-electron chi connectivity index (χ0n) is 21.1. The molecule has 35 heavy (non-hydrogen) atoms. The van der Waals surface area contributed by atoms with Gasteiger partial charge in [0, 0.05) is 25.7 Å². The number of ether oxygens (including phenoxy) is 2. The third-order valence-corrected chi connectivity index (χ3v) is 5.93. The van der Waals surface area contributed by atoms with Crippen LogP contribution in [0.5, 0.6) is 11.5 Å². The molecule has 3 rings (SSSR count). The van der Waals surface area contributed by atoms with Crippen molar-refractivity contribution in [1.82, 2.24) is 20.4 Å². The Balaban J connectivity index is 1.26. The van der Waals surface area contributed by atoms with Crippen molar-refractivity contribution < 1.29 is 19.1 Å². The number of piperazine rings is 1. The molecule has 8 heteroatoms. The van der Waals surface area contributed by atoms with E-state index in [1.165, 1.54) is 0 Å². The van der Waals surface area contributed by atoms with Gasteiger partial charge in [0.1, 0.15) is 24.7 Å². The lowest BCUT2D eigenvalue weighted by atomic mass is 10.2. The normalized spacial score (nSPS) is 16.5. The van der Waals surface area contributed by atoms with Crippen molar-refractivity contribution >= 4 is 11.8 Å². The van der Waals surface area contributed by atoms with E-state index in [0.717, 1.165) is 42.3 Å². The molecule has 1 unspecified atom stereocenters. The van der Waals surface area contributed by atoms with E-state index in [-0.39, 0.29) is 17.9 Å². The van der Waals surface area contributed by atoms with Gasteiger partial charge in [0.05, 0.1) is 26.2 Å². The van der Waals surface area contributed by atoms with Crippen molar-refractivity contribution in [1.29, 1.82) is 0 Å². The number of benzene rings is 2. The summed E-state index contributed by atoms with van der Waals surface area (Å²) in [7, 11) is 0. The van der Waals surface area contributed by atoms with Gasteiger partial charge in [-0.3, -0.25) is 19.4 Å². The van der Waals surface area contributed by atoms with E-state index < -0.39 is 0 Å². The maximum atomic E-state index is 12.4. The quantitative estimate of drug-likeness (QED) is 0.451. The Labute approximate surface area is 208 Å². The minimum absolute atomic E-state index is 0.00940. The van der Waals surface area contributed by atoms with E-state index in [1.807, 2.05) is 62.4 Å². The number of nitrogens with one attached hydrogen (secondary N) is 2. The van der Waals surface area contributed by atoms with Crippen molar-refractivity contribution in [2.24, 2.45) is 0 Å². The predicted octanol–water partition coefficient (Wildman–Crippen LogP) is 2.00. The van der Waals surface area contributed by atoms with Crippen LogP contribution >= 0.6 is 0 Å². The molecule has 0 radical (unpaired) electrons. The van der Waals surface area contributed by atoms with Gasteiger partial charge in [0.25, 0.3) is 0 Å². The fraction of sp³-hybridized carbons (Fsp3) is 0.481. The summed E-state index contributed by atoms with van der Waals surface area (Å²) in [5.74, 6) is 1.60. The Morgan fingerprint density at radius 1 is 0.857 bits per heavy atom. The Morgan fingerprint density at radius 2 is 1.40 bits per heavy atom. The Kier molecular flexibility index (Phi) is 10.4. The molecule has 190 valence electrons. The second kappa shape index (κ2) is 13.7. The summed E-state index contributed by atoms with van der Waals surface area (Å²) in [5.41, 5.74) is 2.29. The van der Waals surface area contributed by atoms with Gasteiger partial charge in [-0.1, -0.05) is 24.3 Å². The highest BCUT2D eigenvalue weighted by Gasteiger charge is 2.26. The largest absolute Gasteiger partial charge is 0.492 e. The highest BCUT2D eigenvalue weighted by atomic mass is 16.5. The maximum Gasteiger partial charge on any atom is 0.234 e. The van der Waals surface area contributed by atoms with Gasteiger partial charge in [0.2, 0.25) is 11.8 Å². The van der Waals surface area contributed by atoms with Crippen LogP contribution in [-0.2, 0) is 9.59 Å². The zero-order valence-corrected chi connectivity index (χ0v) is 21.1. The molecule has 2 N–H and O–H groups in total. The van der Waals surface area contributed by atoms with Crippen LogP contribution in [0.1, 0.15) is 18.1 Å². The van der Waals surface area contributed by atoms with Crippen molar-refractivity contribution in [3.63, 3.8) is 0 Å². The first-order valence-corrected chi connectivity index (χ1v) is 12.3. The first kappa shape index (κ1) is 26.5. The summed E-state index contributed by atoms with van der Waals surface area (Å²) in [6, 6.07) is 15.9. The molecule has 0 aliphatic carbocycles. The number of aryl methyl sites for hydroxylation is 2. The van der Waals surface area contributed by atoms with E-state index in [2.05, 4.69) is 27.4 Å². The summed E-state index contributed by atoms with van der Waals surface area (Å²) < 4.78 is 11.4. The maximum absolute atomic E-state index is 12.4. The number of rotatable bonds is 12. The molecule has 0 saturated carbocycles. The van der Waals surface area contributed by atoms with Gasteiger partial charge in [-0.25, -0.2) is 0 Å². The lowest BCUT2D eigenvalue weighted by Gasteiger charge is -2.39. The molecule has 8 nitrogen and oxygen atoms in total. The summed E-state index contributed by atoms with van der Waals surface area (Å²) in [5, 5.41) is 5.85. The molecule has 2 aromatic carbocycles. The molecule has 2 amide bonds. The smallest absolute Gasteiger partial charge is 0.234 e. The fourth-order valence-corrected chi connectivity index (χ4v) is 4.08. The first-order valence-electron chi connectivity index (χ1n) is 12.3. The molecular formula is C27H38N4O4. The number of hydrogen-bond donors (Lipinski definition) is 2. The van der Waals surface area contributed by atoms with E-state index in [9.17, 15) is 9.59 Å². The highest BCUT2D eigenvalue weighted by Crippen LogP contribution is 2.13. The molecule has 0 aromatic heterocycles. The standard InChI is InChI=1S/C27H38N4O4/c1-21-6-4-8-24(16-21)34-14-10-28-26(32)19-30-12-13-31(23(3)18-30)20-27(33)29-11-15-35-25-9-5-7-22(2)17-25/h4-9,16-17,23H,10-15,18-20H2,1-3H3,(H,28,32)(H,29,33). The average molecular weight is 483 g/mol. The summed E-state index contributed by atoms with van der Waals surface area (Å²) in [6.07, 6.45) is 0. The summed E-state index contributed by atoms with van der Waals surface area (Å²) >= 11 is 0. The van der Waals surface area contributed by atoms with Gasteiger partial charge in [-0.15, -0.1) is 0 Å². The molecule has 2 aromatic rings. The third kappa shape index (κ3) is 9.58. The minimum atomic E-state index is -0.00973. The van der Waals surface area contributed by atoms with Crippen LogP contribution in [0.25, 0.3) is 0 Å². The molecule has 0 spiro atoms. The van der Waals surface area contributed by atoms with Crippen molar-refractivity contribution in [2.45, 2.75) is 26.8 Å². The summed E-state index contributed by atoms with van der Waals surface area (Å²) in [4.78, 5) is 28.9. The number of hydrogen-bond acceptors (Lipinski definition) is 6. The van der Waals surface area contributed by atoms with E-state index >= 15 is 0 Å². The number of amides is 2. The number of nitrogens with zero attached hydrogens (tertiary/aromatic N) is 2. The Morgan fingerprint density at radius 3 is 1.91 bits per heavy atom. The second-order valence-corrected chi connectivity index (χ2v) is 9.08. The third-order valence-electron chi connectivity index (χ3n) is 5.93. The number of carbonyl (C=O) groups is 2. The van der Waals surface area contributed by atoms with Gasteiger partial charge in [-0.05, 0) is 56.2 Å². The minimum Gasteiger partial charge on any atom is -0.492 e. The van der Waals surface area contributed by atoms with Gasteiger partial charge in [0.15, 0.2) is 0 Å². The SMILES string of the molecule is Cc1cccc(OCCNC(=O)CN2CCN(CC(=O)NCCOc3cccc(C)c3)C(C)C2)c1. The Bertz CT molecular complexity index is 968. The molecule has 1 atom stereocenters. The topological polar surface area (TPSA) is 83.1 Å². The second-order valence-electron chi connectivity index (χ2n) is 9.08. The van der Waals surface area contributed by atoms with E-state index in [1.54, 1.807) is 0 Å². The fourth-order valence-electron chi connectivity index (χ4n) is 4.08. The van der Waals surface area contributed by atoms with Gasteiger partial charge < -0.3 is 20.1 Å². The van der Waals surface area contributed by atoms with Gasteiger partial charge >= 0.3 is 0 Å². The number of carbonyl (C=O) groups excluding carboxylic acids is 2. The van der Waals surface area contributed by atoms with Crippen LogP contribution in [0.15, 0.2) is 48.5 Å². The summed E-state index contributed by atoms with van der Waals surface area (Å²) in [6.45, 7) is 10.9. The average Bonchev–Trinajstić information content (AvgIpc) is 2.81. The molecule has 0 bridgehead atoms. The van der Waals surface area contributed by atoms with Crippen LogP contribution in [-0.4, -0.2) is 86.7 Å². The predicted molar refractivity (Wildman–Crippen MR) is 137 cm³/mol.